The lowest BCUT2D eigenvalue weighted by Gasteiger charge is -2.34. The van der Waals surface area contributed by atoms with Gasteiger partial charge in [-0.05, 0) is 33.6 Å². The standard InChI is InChI=1S/C13H26N2O2.C2H6/c1-11(2)15-7-4-13(5-8-15)17-9-6-14-10-12(3)16;1-2/h11,13-14H,4-10H2,1-3H3;1-2H3. The minimum atomic E-state index is 0.176. The number of hydrogen-bond donors (Lipinski definition) is 1. The fraction of sp³-hybridized carbons (Fsp3) is 0.933. The van der Waals surface area contributed by atoms with E-state index in [4.69, 9.17) is 4.74 Å². The van der Waals surface area contributed by atoms with E-state index in [-0.39, 0.29) is 5.78 Å². The zero-order valence-corrected chi connectivity index (χ0v) is 13.4. The van der Waals surface area contributed by atoms with E-state index in [0.717, 1.165) is 32.5 Å². The quantitative estimate of drug-likeness (QED) is 0.721. The van der Waals surface area contributed by atoms with E-state index in [1.807, 2.05) is 13.8 Å². The number of hydrogen-bond acceptors (Lipinski definition) is 4. The van der Waals surface area contributed by atoms with Gasteiger partial charge in [-0.15, -0.1) is 0 Å². The van der Waals surface area contributed by atoms with Crippen LogP contribution in [0, 0.1) is 0 Å². The first-order valence-electron chi connectivity index (χ1n) is 7.65. The first kappa shape index (κ1) is 18.6. The fourth-order valence-electron chi connectivity index (χ4n) is 2.12. The number of likely N-dealkylation sites (tertiary alicyclic amines) is 1. The highest BCUT2D eigenvalue weighted by molar-refractivity contribution is 5.77. The van der Waals surface area contributed by atoms with E-state index >= 15 is 0 Å². The summed E-state index contributed by atoms with van der Waals surface area (Å²) in [6.45, 7) is 14.3. The smallest absolute Gasteiger partial charge is 0.143 e. The van der Waals surface area contributed by atoms with Crippen LogP contribution in [0.25, 0.3) is 0 Å². The van der Waals surface area contributed by atoms with Crippen molar-refractivity contribution in [3.05, 3.63) is 0 Å². The van der Waals surface area contributed by atoms with Gasteiger partial charge >= 0.3 is 0 Å². The second kappa shape index (κ2) is 11.4. The molecule has 0 aliphatic carbocycles. The molecule has 0 bridgehead atoms. The Morgan fingerprint density at radius 1 is 1.32 bits per heavy atom. The van der Waals surface area contributed by atoms with Gasteiger partial charge in [0.15, 0.2) is 0 Å². The van der Waals surface area contributed by atoms with E-state index in [2.05, 4.69) is 24.1 Å². The molecule has 1 fully saturated rings. The van der Waals surface area contributed by atoms with E-state index in [0.29, 0.717) is 25.3 Å². The Hall–Kier alpha value is -0.450. The van der Waals surface area contributed by atoms with Crippen molar-refractivity contribution in [1.82, 2.24) is 10.2 Å². The van der Waals surface area contributed by atoms with E-state index in [9.17, 15) is 4.79 Å². The molecule has 1 rings (SSSR count). The SMILES string of the molecule is CC.CC(=O)CNCCOC1CCN(C(C)C)CC1. The lowest BCUT2D eigenvalue weighted by molar-refractivity contribution is -0.116. The Morgan fingerprint density at radius 3 is 2.37 bits per heavy atom. The van der Waals surface area contributed by atoms with Crippen molar-refractivity contribution < 1.29 is 9.53 Å². The summed E-state index contributed by atoms with van der Waals surface area (Å²) in [6, 6.07) is 0.646. The molecule has 19 heavy (non-hydrogen) atoms. The van der Waals surface area contributed by atoms with Crippen LogP contribution in [0.5, 0.6) is 0 Å². The summed E-state index contributed by atoms with van der Waals surface area (Å²) >= 11 is 0. The van der Waals surface area contributed by atoms with Crippen LogP contribution in [0.1, 0.15) is 47.5 Å². The van der Waals surface area contributed by atoms with Crippen LogP contribution in [-0.2, 0) is 9.53 Å². The van der Waals surface area contributed by atoms with Gasteiger partial charge < -0.3 is 15.0 Å². The summed E-state index contributed by atoms with van der Waals surface area (Å²) in [5.41, 5.74) is 0. The largest absolute Gasteiger partial charge is 0.377 e. The summed E-state index contributed by atoms with van der Waals surface area (Å²) < 4.78 is 5.79. The van der Waals surface area contributed by atoms with Crippen LogP contribution in [0.3, 0.4) is 0 Å². The van der Waals surface area contributed by atoms with Gasteiger partial charge in [-0.1, -0.05) is 13.8 Å². The Bertz CT molecular complexity index is 224. The minimum absolute atomic E-state index is 0.176. The molecule has 114 valence electrons. The first-order valence-corrected chi connectivity index (χ1v) is 7.65. The number of Topliss-reactive ketones (excluding diaryl/α,β-unsaturated/α-hetero) is 1. The molecule has 0 unspecified atom stereocenters. The summed E-state index contributed by atoms with van der Waals surface area (Å²) in [5, 5.41) is 3.07. The number of nitrogens with zero attached hydrogens (tertiary/aromatic N) is 1. The molecule has 0 saturated carbocycles. The summed E-state index contributed by atoms with van der Waals surface area (Å²) in [7, 11) is 0. The number of ketones is 1. The van der Waals surface area contributed by atoms with Gasteiger partial charge in [0.05, 0.1) is 19.3 Å². The highest BCUT2D eigenvalue weighted by atomic mass is 16.5. The highest BCUT2D eigenvalue weighted by Crippen LogP contribution is 2.15. The third-order valence-corrected chi connectivity index (χ3v) is 3.21. The molecule has 1 aliphatic rings. The molecule has 0 aromatic heterocycles. The van der Waals surface area contributed by atoms with Crippen LogP contribution >= 0.6 is 0 Å². The molecule has 0 atom stereocenters. The second-order valence-electron chi connectivity index (χ2n) is 5.08. The topological polar surface area (TPSA) is 41.6 Å². The molecule has 1 N–H and O–H groups in total. The molecule has 1 aliphatic heterocycles. The highest BCUT2D eigenvalue weighted by Gasteiger charge is 2.20. The molecule has 4 nitrogen and oxygen atoms in total. The molecular formula is C15H32N2O2. The van der Waals surface area contributed by atoms with Gasteiger partial charge in [0.25, 0.3) is 0 Å². The summed E-state index contributed by atoms with van der Waals surface area (Å²) in [4.78, 5) is 13.2. The van der Waals surface area contributed by atoms with Gasteiger partial charge in [-0.2, -0.15) is 0 Å². The number of nitrogens with one attached hydrogen (secondary N) is 1. The summed E-state index contributed by atoms with van der Waals surface area (Å²) in [5.74, 6) is 0.176. The van der Waals surface area contributed by atoms with Crippen LogP contribution in [0.15, 0.2) is 0 Å². The molecule has 0 radical (unpaired) electrons. The average Bonchev–Trinajstić information content (AvgIpc) is 2.41. The number of ether oxygens (including phenoxy) is 1. The van der Waals surface area contributed by atoms with Crippen LogP contribution in [-0.4, -0.2) is 55.6 Å². The van der Waals surface area contributed by atoms with E-state index < -0.39 is 0 Å². The number of carbonyl (C=O) groups excluding carboxylic acids is 1. The second-order valence-corrected chi connectivity index (χ2v) is 5.08. The zero-order chi connectivity index (χ0) is 14.7. The third kappa shape index (κ3) is 9.14. The van der Waals surface area contributed by atoms with Crippen LogP contribution in [0.2, 0.25) is 0 Å². The summed E-state index contributed by atoms with van der Waals surface area (Å²) in [6.07, 6.45) is 2.67. The maximum Gasteiger partial charge on any atom is 0.143 e. The predicted octanol–water partition coefficient (Wildman–Crippen LogP) is 2.08. The van der Waals surface area contributed by atoms with Gasteiger partial charge in [-0.25, -0.2) is 0 Å². The van der Waals surface area contributed by atoms with Crippen molar-refractivity contribution in [2.45, 2.75) is 59.6 Å². The van der Waals surface area contributed by atoms with Gasteiger partial charge in [0, 0.05) is 25.7 Å². The lowest BCUT2D eigenvalue weighted by atomic mass is 10.1. The Balaban J connectivity index is 0.00000154. The number of piperidine rings is 1. The van der Waals surface area contributed by atoms with Crippen molar-refractivity contribution in [1.29, 1.82) is 0 Å². The molecule has 0 amide bonds. The normalized spacial score (nSPS) is 17.2. The van der Waals surface area contributed by atoms with Crippen LogP contribution < -0.4 is 5.32 Å². The van der Waals surface area contributed by atoms with Gasteiger partial charge in [0.1, 0.15) is 5.78 Å². The van der Waals surface area contributed by atoms with Crippen molar-refractivity contribution in [3.63, 3.8) is 0 Å². The molecule has 0 aromatic carbocycles. The van der Waals surface area contributed by atoms with E-state index in [1.165, 1.54) is 0 Å². The third-order valence-electron chi connectivity index (χ3n) is 3.21. The van der Waals surface area contributed by atoms with Crippen molar-refractivity contribution in [2.75, 3.05) is 32.8 Å². The maximum absolute atomic E-state index is 10.7. The predicted molar refractivity (Wildman–Crippen MR) is 80.6 cm³/mol. The first-order chi connectivity index (χ1) is 9.09. The molecule has 1 heterocycles. The average molecular weight is 272 g/mol. The van der Waals surface area contributed by atoms with E-state index in [1.54, 1.807) is 6.92 Å². The molecule has 1 saturated heterocycles. The Kier molecular flexibility index (Phi) is 11.1. The Morgan fingerprint density at radius 2 is 1.89 bits per heavy atom. The molecule has 4 heteroatoms. The number of rotatable bonds is 7. The van der Waals surface area contributed by atoms with Crippen molar-refractivity contribution >= 4 is 5.78 Å². The molecule has 0 aromatic rings. The number of carbonyl (C=O) groups is 1. The van der Waals surface area contributed by atoms with Crippen molar-refractivity contribution in [3.8, 4) is 0 Å². The molecule has 0 spiro atoms. The maximum atomic E-state index is 10.7. The van der Waals surface area contributed by atoms with Gasteiger partial charge in [-0.3, -0.25) is 4.79 Å². The zero-order valence-electron chi connectivity index (χ0n) is 13.4. The minimum Gasteiger partial charge on any atom is -0.377 e. The van der Waals surface area contributed by atoms with Gasteiger partial charge in [0.2, 0.25) is 0 Å². The molecular weight excluding hydrogens is 240 g/mol. The monoisotopic (exact) mass is 272 g/mol. The lowest BCUT2D eigenvalue weighted by Crippen LogP contribution is -2.41. The van der Waals surface area contributed by atoms with Crippen LogP contribution in [0.4, 0.5) is 0 Å². The fourth-order valence-corrected chi connectivity index (χ4v) is 2.12. The van der Waals surface area contributed by atoms with Crippen molar-refractivity contribution in [2.24, 2.45) is 0 Å². The Labute approximate surface area is 118 Å².